The van der Waals surface area contributed by atoms with E-state index in [1.54, 1.807) is 11.8 Å². The highest BCUT2D eigenvalue weighted by Crippen LogP contribution is 2.30. The second-order valence-electron chi connectivity index (χ2n) is 4.11. The summed E-state index contributed by atoms with van der Waals surface area (Å²) < 4.78 is 1.89. The molecule has 2 rings (SSSR count). The first-order chi connectivity index (χ1) is 8.10. The summed E-state index contributed by atoms with van der Waals surface area (Å²) in [4.78, 5) is 1.20. The smallest absolute Gasteiger partial charge is 0.0987 e. The Morgan fingerprint density at radius 3 is 2.59 bits per heavy atom. The van der Waals surface area contributed by atoms with Gasteiger partial charge >= 0.3 is 0 Å². The van der Waals surface area contributed by atoms with Crippen molar-refractivity contribution in [2.24, 2.45) is 7.05 Å². The van der Waals surface area contributed by atoms with E-state index in [0.717, 1.165) is 16.3 Å². The van der Waals surface area contributed by atoms with E-state index in [0.29, 0.717) is 0 Å². The zero-order valence-corrected chi connectivity index (χ0v) is 11.1. The average molecular weight is 248 g/mol. The normalized spacial score (nSPS) is 10.8. The zero-order valence-electron chi connectivity index (χ0n) is 10.3. The average Bonchev–Trinajstić information content (AvgIpc) is 2.60. The molecule has 1 N–H and O–H groups in total. The SMILES string of the molecule is Cc1cc(Sc2ccc(CO)cc2C)n(C)n1. The van der Waals surface area contributed by atoms with Crippen molar-refractivity contribution in [3.63, 3.8) is 0 Å². The lowest BCUT2D eigenvalue weighted by Crippen LogP contribution is -1.93. The Bertz CT molecular complexity index is 534. The zero-order chi connectivity index (χ0) is 12.4. The number of aromatic nitrogens is 2. The molecule has 0 bridgehead atoms. The molecule has 0 aliphatic heterocycles. The van der Waals surface area contributed by atoms with Gasteiger partial charge in [-0.2, -0.15) is 5.10 Å². The fourth-order valence-corrected chi connectivity index (χ4v) is 2.70. The van der Waals surface area contributed by atoms with Crippen LogP contribution < -0.4 is 0 Å². The van der Waals surface area contributed by atoms with Crippen molar-refractivity contribution < 1.29 is 5.11 Å². The first kappa shape index (κ1) is 12.2. The van der Waals surface area contributed by atoms with E-state index in [1.165, 1.54) is 10.5 Å². The van der Waals surface area contributed by atoms with Crippen LogP contribution in [0.1, 0.15) is 16.8 Å². The third kappa shape index (κ3) is 2.70. The van der Waals surface area contributed by atoms with Crippen LogP contribution in [0.15, 0.2) is 34.2 Å². The minimum atomic E-state index is 0.0939. The van der Waals surface area contributed by atoms with Gasteiger partial charge in [0, 0.05) is 11.9 Å². The number of hydrogen-bond acceptors (Lipinski definition) is 3. The molecule has 1 heterocycles. The van der Waals surface area contributed by atoms with Gasteiger partial charge in [0.05, 0.1) is 17.3 Å². The summed E-state index contributed by atoms with van der Waals surface area (Å²) in [6.07, 6.45) is 0. The molecular weight excluding hydrogens is 232 g/mol. The van der Waals surface area contributed by atoms with Gasteiger partial charge < -0.3 is 5.11 Å². The molecule has 0 atom stereocenters. The molecule has 2 aromatic rings. The van der Waals surface area contributed by atoms with Gasteiger partial charge in [-0.15, -0.1) is 0 Å². The molecule has 4 heteroatoms. The summed E-state index contributed by atoms with van der Waals surface area (Å²) in [5.41, 5.74) is 3.16. The van der Waals surface area contributed by atoms with Crippen molar-refractivity contribution in [1.29, 1.82) is 0 Å². The highest BCUT2D eigenvalue weighted by atomic mass is 32.2. The molecule has 0 unspecified atom stereocenters. The third-order valence-electron chi connectivity index (χ3n) is 2.60. The van der Waals surface area contributed by atoms with Crippen molar-refractivity contribution in [3.05, 3.63) is 41.1 Å². The van der Waals surface area contributed by atoms with E-state index in [-0.39, 0.29) is 6.61 Å². The van der Waals surface area contributed by atoms with E-state index in [1.807, 2.05) is 36.9 Å². The number of hydrogen-bond donors (Lipinski definition) is 1. The number of aliphatic hydroxyl groups is 1. The van der Waals surface area contributed by atoms with Gasteiger partial charge in [-0.05, 0) is 37.1 Å². The van der Waals surface area contributed by atoms with Gasteiger partial charge in [-0.25, -0.2) is 0 Å². The van der Waals surface area contributed by atoms with Crippen molar-refractivity contribution in [2.45, 2.75) is 30.4 Å². The van der Waals surface area contributed by atoms with Crippen LogP contribution in [0.5, 0.6) is 0 Å². The summed E-state index contributed by atoms with van der Waals surface area (Å²) in [6.45, 7) is 4.15. The van der Waals surface area contributed by atoms with Crippen LogP contribution in [0.2, 0.25) is 0 Å². The second kappa shape index (κ2) is 4.94. The largest absolute Gasteiger partial charge is 0.392 e. The molecule has 0 spiro atoms. The Morgan fingerprint density at radius 1 is 1.29 bits per heavy atom. The van der Waals surface area contributed by atoms with Gasteiger partial charge in [0.1, 0.15) is 0 Å². The van der Waals surface area contributed by atoms with Gasteiger partial charge in [0.2, 0.25) is 0 Å². The fraction of sp³-hybridized carbons (Fsp3) is 0.308. The Hall–Kier alpha value is -1.26. The predicted molar refractivity (Wildman–Crippen MR) is 69.2 cm³/mol. The monoisotopic (exact) mass is 248 g/mol. The maximum Gasteiger partial charge on any atom is 0.0987 e. The molecule has 1 aromatic heterocycles. The molecule has 0 aliphatic rings. The molecule has 17 heavy (non-hydrogen) atoms. The standard InChI is InChI=1S/C13H16N2OS/c1-9-6-11(8-16)4-5-12(9)17-13-7-10(2)14-15(13)3/h4-7,16H,8H2,1-3H3. The minimum Gasteiger partial charge on any atom is -0.392 e. The molecule has 3 nitrogen and oxygen atoms in total. The maximum atomic E-state index is 9.07. The number of nitrogens with zero attached hydrogens (tertiary/aromatic N) is 2. The number of benzene rings is 1. The lowest BCUT2D eigenvalue weighted by Gasteiger charge is -2.07. The van der Waals surface area contributed by atoms with E-state index >= 15 is 0 Å². The lowest BCUT2D eigenvalue weighted by molar-refractivity contribution is 0.281. The summed E-state index contributed by atoms with van der Waals surface area (Å²) in [6, 6.07) is 8.10. The van der Waals surface area contributed by atoms with Crippen LogP contribution in [0.3, 0.4) is 0 Å². The molecule has 0 saturated carbocycles. The van der Waals surface area contributed by atoms with E-state index in [4.69, 9.17) is 5.11 Å². The predicted octanol–water partition coefficient (Wildman–Crippen LogP) is 2.68. The van der Waals surface area contributed by atoms with E-state index in [2.05, 4.69) is 18.1 Å². The topological polar surface area (TPSA) is 38.0 Å². The number of aryl methyl sites for hydroxylation is 3. The van der Waals surface area contributed by atoms with Crippen LogP contribution in [0, 0.1) is 13.8 Å². The molecule has 0 radical (unpaired) electrons. The molecule has 90 valence electrons. The van der Waals surface area contributed by atoms with Gasteiger partial charge in [0.25, 0.3) is 0 Å². The Morgan fingerprint density at radius 2 is 2.06 bits per heavy atom. The first-order valence-corrected chi connectivity index (χ1v) is 6.30. The van der Waals surface area contributed by atoms with Crippen molar-refractivity contribution in [3.8, 4) is 0 Å². The lowest BCUT2D eigenvalue weighted by atomic mass is 10.1. The summed E-state index contributed by atoms with van der Waals surface area (Å²) in [5.74, 6) is 0. The van der Waals surface area contributed by atoms with Crippen LogP contribution in [-0.4, -0.2) is 14.9 Å². The summed E-state index contributed by atoms with van der Waals surface area (Å²) in [7, 11) is 1.95. The Balaban J connectivity index is 2.27. The van der Waals surface area contributed by atoms with Crippen LogP contribution in [0.4, 0.5) is 0 Å². The van der Waals surface area contributed by atoms with Gasteiger partial charge in [0.15, 0.2) is 0 Å². The third-order valence-corrected chi connectivity index (χ3v) is 3.86. The highest BCUT2D eigenvalue weighted by Gasteiger charge is 2.06. The summed E-state index contributed by atoms with van der Waals surface area (Å²) in [5, 5.41) is 14.5. The fourth-order valence-electron chi connectivity index (χ4n) is 1.72. The summed E-state index contributed by atoms with van der Waals surface area (Å²) >= 11 is 1.70. The van der Waals surface area contributed by atoms with Crippen molar-refractivity contribution >= 4 is 11.8 Å². The van der Waals surface area contributed by atoms with Crippen molar-refractivity contribution in [2.75, 3.05) is 0 Å². The van der Waals surface area contributed by atoms with E-state index in [9.17, 15) is 0 Å². The van der Waals surface area contributed by atoms with Crippen LogP contribution in [0.25, 0.3) is 0 Å². The van der Waals surface area contributed by atoms with Crippen LogP contribution >= 0.6 is 11.8 Å². The van der Waals surface area contributed by atoms with E-state index < -0.39 is 0 Å². The molecule has 0 saturated heterocycles. The number of aliphatic hydroxyl groups excluding tert-OH is 1. The maximum absolute atomic E-state index is 9.07. The molecule has 0 aliphatic carbocycles. The quantitative estimate of drug-likeness (QED) is 0.907. The Kier molecular flexibility index (Phi) is 3.54. The molecule has 0 fully saturated rings. The second-order valence-corrected chi connectivity index (χ2v) is 5.17. The molecule has 1 aromatic carbocycles. The first-order valence-electron chi connectivity index (χ1n) is 5.49. The Labute approximate surface area is 105 Å². The molecular formula is C13H16N2OS. The van der Waals surface area contributed by atoms with Gasteiger partial charge in [-0.1, -0.05) is 23.9 Å². The van der Waals surface area contributed by atoms with Crippen LogP contribution in [-0.2, 0) is 13.7 Å². The highest BCUT2D eigenvalue weighted by molar-refractivity contribution is 7.99. The van der Waals surface area contributed by atoms with Gasteiger partial charge in [-0.3, -0.25) is 4.68 Å². The van der Waals surface area contributed by atoms with Crippen molar-refractivity contribution in [1.82, 2.24) is 9.78 Å². The number of rotatable bonds is 3. The molecule has 0 amide bonds. The minimum absolute atomic E-state index is 0.0939.